The van der Waals surface area contributed by atoms with Crippen molar-refractivity contribution >= 4 is 5.91 Å². The monoisotopic (exact) mass is 273 g/mol. The lowest BCUT2D eigenvalue weighted by Crippen LogP contribution is -2.38. The SMILES string of the molecule is CC(N)C(C)C(=O)NCc1ccnc(-n2ccnc2)c1. The van der Waals surface area contributed by atoms with Crippen LogP contribution < -0.4 is 11.1 Å². The number of amides is 1. The van der Waals surface area contributed by atoms with E-state index in [1.807, 2.05) is 36.7 Å². The van der Waals surface area contributed by atoms with Crippen molar-refractivity contribution in [3.05, 3.63) is 42.6 Å². The van der Waals surface area contributed by atoms with Gasteiger partial charge in [0.05, 0.1) is 0 Å². The molecule has 0 spiro atoms. The maximum absolute atomic E-state index is 11.8. The summed E-state index contributed by atoms with van der Waals surface area (Å²) in [6, 6.07) is 3.63. The molecule has 0 aliphatic rings. The van der Waals surface area contributed by atoms with E-state index in [-0.39, 0.29) is 17.9 Å². The van der Waals surface area contributed by atoms with Gasteiger partial charge >= 0.3 is 0 Å². The standard InChI is InChI=1S/C14H19N5O/c1-10(11(2)15)14(20)18-8-12-3-4-17-13(7-12)19-6-5-16-9-19/h3-7,9-11H,8,15H2,1-2H3,(H,18,20). The van der Waals surface area contributed by atoms with Crippen LogP contribution >= 0.6 is 0 Å². The number of hydrogen-bond acceptors (Lipinski definition) is 4. The van der Waals surface area contributed by atoms with E-state index in [4.69, 9.17) is 5.73 Å². The molecule has 0 bridgehead atoms. The average molecular weight is 273 g/mol. The predicted molar refractivity (Wildman–Crippen MR) is 76.0 cm³/mol. The fourth-order valence-corrected chi connectivity index (χ4v) is 1.70. The highest BCUT2D eigenvalue weighted by Gasteiger charge is 2.16. The van der Waals surface area contributed by atoms with Crippen molar-refractivity contribution in [2.45, 2.75) is 26.4 Å². The summed E-state index contributed by atoms with van der Waals surface area (Å²) in [4.78, 5) is 20.1. The quantitative estimate of drug-likeness (QED) is 0.846. The zero-order valence-corrected chi connectivity index (χ0v) is 11.7. The fourth-order valence-electron chi connectivity index (χ4n) is 1.70. The Balaban J connectivity index is 2.01. The molecule has 0 aliphatic heterocycles. The van der Waals surface area contributed by atoms with Crippen LogP contribution in [0.1, 0.15) is 19.4 Å². The molecule has 2 heterocycles. The third-order valence-electron chi connectivity index (χ3n) is 3.25. The van der Waals surface area contributed by atoms with E-state index < -0.39 is 0 Å². The van der Waals surface area contributed by atoms with Crippen LogP contribution in [0.15, 0.2) is 37.1 Å². The van der Waals surface area contributed by atoms with Crippen LogP contribution in [0.4, 0.5) is 0 Å². The molecular formula is C14H19N5O. The lowest BCUT2D eigenvalue weighted by atomic mass is 10.0. The Hall–Kier alpha value is -2.21. The van der Waals surface area contributed by atoms with Gasteiger partial charge in [0.15, 0.2) is 0 Å². The number of nitrogens with one attached hydrogen (secondary N) is 1. The molecule has 2 aromatic rings. The second-order valence-corrected chi connectivity index (χ2v) is 4.86. The van der Waals surface area contributed by atoms with E-state index >= 15 is 0 Å². The molecule has 20 heavy (non-hydrogen) atoms. The zero-order chi connectivity index (χ0) is 14.5. The number of imidazole rings is 1. The summed E-state index contributed by atoms with van der Waals surface area (Å²) in [7, 11) is 0. The van der Waals surface area contributed by atoms with Crippen LogP contribution in [-0.4, -0.2) is 26.5 Å². The van der Waals surface area contributed by atoms with Crippen LogP contribution in [0.2, 0.25) is 0 Å². The van der Waals surface area contributed by atoms with Crippen molar-refractivity contribution in [2.24, 2.45) is 11.7 Å². The molecule has 0 saturated heterocycles. The summed E-state index contributed by atoms with van der Waals surface area (Å²) in [5, 5.41) is 2.88. The van der Waals surface area contributed by atoms with Crippen LogP contribution in [0.3, 0.4) is 0 Å². The minimum absolute atomic E-state index is 0.0407. The normalized spacial score (nSPS) is 13.8. The summed E-state index contributed by atoms with van der Waals surface area (Å²) in [6.45, 7) is 4.11. The van der Waals surface area contributed by atoms with Gasteiger partial charge in [-0.3, -0.25) is 9.36 Å². The van der Waals surface area contributed by atoms with Crippen LogP contribution in [0.25, 0.3) is 5.82 Å². The maximum atomic E-state index is 11.8. The molecule has 3 N–H and O–H groups in total. The Bertz CT molecular complexity index is 565. The summed E-state index contributed by atoms with van der Waals surface area (Å²) in [5.41, 5.74) is 6.69. The highest BCUT2D eigenvalue weighted by molar-refractivity contribution is 5.78. The van der Waals surface area contributed by atoms with Crippen LogP contribution in [-0.2, 0) is 11.3 Å². The highest BCUT2D eigenvalue weighted by atomic mass is 16.1. The molecule has 0 fully saturated rings. The lowest BCUT2D eigenvalue weighted by molar-refractivity contribution is -0.125. The predicted octanol–water partition coefficient (Wildman–Crippen LogP) is 0.867. The topological polar surface area (TPSA) is 85.8 Å². The van der Waals surface area contributed by atoms with Crippen molar-refractivity contribution < 1.29 is 4.79 Å². The molecule has 0 aromatic carbocycles. The van der Waals surface area contributed by atoms with Gasteiger partial charge in [-0.2, -0.15) is 0 Å². The van der Waals surface area contributed by atoms with Crippen molar-refractivity contribution in [1.29, 1.82) is 0 Å². The van der Waals surface area contributed by atoms with Gasteiger partial charge in [0.1, 0.15) is 12.1 Å². The summed E-state index contributed by atoms with van der Waals surface area (Å²) in [6.07, 6.45) is 6.91. The van der Waals surface area contributed by atoms with Crippen molar-refractivity contribution in [3.63, 3.8) is 0 Å². The first-order valence-corrected chi connectivity index (χ1v) is 6.54. The van der Waals surface area contributed by atoms with E-state index in [1.54, 1.807) is 18.7 Å². The first-order valence-electron chi connectivity index (χ1n) is 6.54. The highest BCUT2D eigenvalue weighted by Crippen LogP contribution is 2.07. The van der Waals surface area contributed by atoms with E-state index in [0.29, 0.717) is 6.54 Å². The Morgan fingerprint density at radius 1 is 1.45 bits per heavy atom. The number of nitrogens with two attached hydrogens (primary N) is 1. The van der Waals surface area contributed by atoms with Crippen molar-refractivity contribution in [3.8, 4) is 5.82 Å². The minimum atomic E-state index is -0.204. The smallest absolute Gasteiger partial charge is 0.224 e. The van der Waals surface area contributed by atoms with Gasteiger partial charge in [-0.15, -0.1) is 0 Å². The third kappa shape index (κ3) is 3.42. The van der Waals surface area contributed by atoms with Gasteiger partial charge in [0.25, 0.3) is 0 Å². The van der Waals surface area contributed by atoms with Gasteiger partial charge in [0, 0.05) is 37.1 Å². The average Bonchev–Trinajstić information content (AvgIpc) is 2.98. The Morgan fingerprint density at radius 2 is 2.25 bits per heavy atom. The van der Waals surface area contributed by atoms with Crippen LogP contribution in [0, 0.1) is 5.92 Å². The van der Waals surface area contributed by atoms with Gasteiger partial charge in [-0.1, -0.05) is 6.92 Å². The lowest BCUT2D eigenvalue weighted by Gasteiger charge is -2.15. The molecule has 0 aliphatic carbocycles. The largest absolute Gasteiger partial charge is 0.352 e. The number of hydrogen-bond donors (Lipinski definition) is 2. The van der Waals surface area contributed by atoms with E-state index in [2.05, 4.69) is 15.3 Å². The Kier molecular flexibility index (Phi) is 4.47. The molecular weight excluding hydrogens is 254 g/mol. The number of carbonyl (C=O) groups excluding carboxylic acids is 1. The van der Waals surface area contributed by atoms with Crippen LogP contribution in [0.5, 0.6) is 0 Å². The molecule has 2 atom stereocenters. The molecule has 106 valence electrons. The van der Waals surface area contributed by atoms with Crippen molar-refractivity contribution in [1.82, 2.24) is 19.9 Å². The van der Waals surface area contributed by atoms with Gasteiger partial charge in [0.2, 0.25) is 5.91 Å². The van der Waals surface area contributed by atoms with Gasteiger partial charge in [-0.25, -0.2) is 9.97 Å². The number of aromatic nitrogens is 3. The molecule has 2 rings (SSSR count). The molecule has 6 heteroatoms. The molecule has 2 aromatic heterocycles. The minimum Gasteiger partial charge on any atom is -0.352 e. The second-order valence-electron chi connectivity index (χ2n) is 4.86. The summed E-state index contributed by atoms with van der Waals surface area (Å²) < 4.78 is 1.82. The molecule has 0 radical (unpaired) electrons. The Morgan fingerprint density at radius 3 is 2.90 bits per heavy atom. The molecule has 2 unspecified atom stereocenters. The number of rotatable bonds is 5. The summed E-state index contributed by atoms with van der Waals surface area (Å²) >= 11 is 0. The van der Waals surface area contributed by atoms with Gasteiger partial charge < -0.3 is 11.1 Å². The number of nitrogens with zero attached hydrogens (tertiary/aromatic N) is 3. The summed E-state index contributed by atoms with van der Waals surface area (Å²) in [5.74, 6) is 0.528. The molecule has 0 saturated carbocycles. The maximum Gasteiger partial charge on any atom is 0.224 e. The molecule has 6 nitrogen and oxygen atoms in total. The second kappa shape index (κ2) is 6.29. The number of carbonyl (C=O) groups is 1. The fraction of sp³-hybridized carbons (Fsp3) is 0.357. The van der Waals surface area contributed by atoms with E-state index in [0.717, 1.165) is 11.4 Å². The third-order valence-corrected chi connectivity index (χ3v) is 3.25. The first-order chi connectivity index (χ1) is 9.58. The first kappa shape index (κ1) is 14.2. The Labute approximate surface area is 118 Å². The van der Waals surface area contributed by atoms with Crippen molar-refractivity contribution in [2.75, 3.05) is 0 Å². The molecule has 1 amide bonds. The van der Waals surface area contributed by atoms with E-state index in [1.165, 1.54) is 0 Å². The zero-order valence-electron chi connectivity index (χ0n) is 11.7. The van der Waals surface area contributed by atoms with E-state index in [9.17, 15) is 4.79 Å². The number of pyridine rings is 1. The van der Waals surface area contributed by atoms with Gasteiger partial charge in [-0.05, 0) is 24.6 Å².